The van der Waals surface area contributed by atoms with Gasteiger partial charge in [-0.3, -0.25) is 4.98 Å². The first-order valence-electron chi connectivity index (χ1n) is 5.99. The van der Waals surface area contributed by atoms with E-state index in [4.69, 9.17) is 5.11 Å². The molecule has 4 heteroatoms. The van der Waals surface area contributed by atoms with Gasteiger partial charge in [0, 0.05) is 19.2 Å². The number of aliphatic hydroxyl groups excluding tert-OH is 1. The largest absolute Gasteiger partial charge is 0.392 e. The normalized spacial score (nSPS) is 14.6. The van der Waals surface area contributed by atoms with Gasteiger partial charge in [0.05, 0.1) is 24.2 Å². The van der Waals surface area contributed by atoms with Crippen molar-refractivity contribution in [1.82, 2.24) is 14.5 Å². The molecule has 1 aliphatic heterocycles. The van der Waals surface area contributed by atoms with Crippen molar-refractivity contribution in [2.24, 2.45) is 0 Å². The highest BCUT2D eigenvalue weighted by atomic mass is 16.3. The lowest BCUT2D eigenvalue weighted by Gasteiger charge is -2.16. The molecule has 0 aliphatic carbocycles. The second-order valence-corrected chi connectivity index (χ2v) is 4.38. The van der Waals surface area contributed by atoms with Gasteiger partial charge in [0.1, 0.15) is 5.82 Å². The molecule has 0 radical (unpaired) electrons. The Bertz CT molecular complexity index is 533. The number of rotatable bonds is 2. The number of aromatic nitrogens is 3. The molecule has 0 spiro atoms. The topological polar surface area (TPSA) is 50.9 Å². The predicted octanol–water partition coefficient (Wildman–Crippen LogP) is 1.77. The molecule has 0 saturated carbocycles. The van der Waals surface area contributed by atoms with Crippen LogP contribution in [0.15, 0.2) is 24.5 Å². The highest BCUT2D eigenvalue weighted by Crippen LogP contribution is 2.24. The molecule has 2 aromatic heterocycles. The number of aliphatic hydroxyl groups is 1. The maximum absolute atomic E-state index is 9.15. The summed E-state index contributed by atoms with van der Waals surface area (Å²) < 4.78 is 2.24. The van der Waals surface area contributed by atoms with Gasteiger partial charge in [-0.05, 0) is 30.5 Å². The van der Waals surface area contributed by atoms with E-state index in [1.54, 1.807) is 6.20 Å². The Morgan fingerprint density at radius 3 is 3.12 bits per heavy atom. The van der Waals surface area contributed by atoms with Crippen LogP contribution in [0.2, 0.25) is 0 Å². The Labute approximate surface area is 100.0 Å². The fraction of sp³-hybridized carbons (Fsp3) is 0.385. The second-order valence-electron chi connectivity index (χ2n) is 4.38. The molecule has 0 fully saturated rings. The number of imidazole rings is 1. The molecule has 0 aromatic carbocycles. The summed E-state index contributed by atoms with van der Waals surface area (Å²) in [6.07, 6.45) is 7.12. The number of fused-ring (bicyclic) bond motifs is 1. The summed E-state index contributed by atoms with van der Waals surface area (Å²) in [4.78, 5) is 8.82. The minimum atomic E-state index is 0.0521. The molecule has 88 valence electrons. The minimum absolute atomic E-state index is 0.0521. The molecule has 3 rings (SSSR count). The zero-order chi connectivity index (χ0) is 11.7. The van der Waals surface area contributed by atoms with Gasteiger partial charge in [-0.15, -0.1) is 0 Å². The van der Waals surface area contributed by atoms with Gasteiger partial charge in [0.15, 0.2) is 0 Å². The zero-order valence-electron chi connectivity index (χ0n) is 9.63. The zero-order valence-corrected chi connectivity index (χ0v) is 9.63. The van der Waals surface area contributed by atoms with E-state index in [2.05, 4.69) is 14.5 Å². The molecular formula is C13H15N3O. The third-order valence-corrected chi connectivity index (χ3v) is 3.24. The maximum atomic E-state index is 9.15. The molecule has 0 bridgehead atoms. The van der Waals surface area contributed by atoms with E-state index in [1.165, 1.54) is 12.8 Å². The van der Waals surface area contributed by atoms with Gasteiger partial charge in [-0.25, -0.2) is 4.98 Å². The van der Waals surface area contributed by atoms with Gasteiger partial charge in [-0.1, -0.05) is 0 Å². The van der Waals surface area contributed by atoms with Crippen LogP contribution in [0.4, 0.5) is 0 Å². The summed E-state index contributed by atoms with van der Waals surface area (Å²) in [5, 5.41) is 9.15. The van der Waals surface area contributed by atoms with E-state index >= 15 is 0 Å². The van der Waals surface area contributed by atoms with Gasteiger partial charge in [-0.2, -0.15) is 0 Å². The van der Waals surface area contributed by atoms with Crippen LogP contribution in [0.3, 0.4) is 0 Å². The smallest absolute Gasteiger partial charge is 0.109 e. The number of hydrogen-bond acceptors (Lipinski definition) is 3. The van der Waals surface area contributed by atoms with Crippen molar-refractivity contribution in [3.8, 4) is 11.4 Å². The lowest BCUT2D eigenvalue weighted by molar-refractivity contribution is 0.282. The standard InChI is InChI=1S/C13H15N3O/c17-9-10-4-5-14-11(7-10)12-8-15-13-3-1-2-6-16(12)13/h4-5,7-8,17H,1-3,6,9H2. The summed E-state index contributed by atoms with van der Waals surface area (Å²) in [5.41, 5.74) is 2.86. The molecule has 2 aromatic rings. The van der Waals surface area contributed by atoms with Crippen LogP contribution < -0.4 is 0 Å². The molecule has 0 saturated heterocycles. The average Bonchev–Trinajstić information content (AvgIpc) is 2.82. The van der Waals surface area contributed by atoms with Crippen molar-refractivity contribution in [1.29, 1.82) is 0 Å². The second kappa shape index (κ2) is 4.30. The number of hydrogen-bond donors (Lipinski definition) is 1. The molecule has 4 nitrogen and oxygen atoms in total. The Hall–Kier alpha value is -1.68. The molecule has 1 N–H and O–H groups in total. The minimum Gasteiger partial charge on any atom is -0.392 e. The van der Waals surface area contributed by atoms with Crippen LogP contribution in [-0.2, 0) is 19.6 Å². The Morgan fingerprint density at radius 1 is 1.29 bits per heavy atom. The average molecular weight is 229 g/mol. The number of aryl methyl sites for hydroxylation is 1. The molecule has 0 amide bonds. The van der Waals surface area contributed by atoms with Crippen molar-refractivity contribution in [2.75, 3.05) is 0 Å². The van der Waals surface area contributed by atoms with Crippen molar-refractivity contribution < 1.29 is 5.11 Å². The van der Waals surface area contributed by atoms with E-state index < -0.39 is 0 Å². The van der Waals surface area contributed by atoms with E-state index in [1.807, 2.05) is 18.3 Å². The van der Waals surface area contributed by atoms with Crippen LogP contribution in [0.25, 0.3) is 11.4 Å². The Morgan fingerprint density at radius 2 is 2.24 bits per heavy atom. The Balaban J connectivity index is 2.05. The summed E-state index contributed by atoms with van der Waals surface area (Å²) in [6, 6.07) is 3.76. The molecule has 3 heterocycles. The summed E-state index contributed by atoms with van der Waals surface area (Å²) in [5.74, 6) is 1.16. The van der Waals surface area contributed by atoms with Crippen LogP contribution in [0.1, 0.15) is 24.2 Å². The lowest BCUT2D eigenvalue weighted by atomic mass is 10.1. The summed E-state index contributed by atoms with van der Waals surface area (Å²) in [7, 11) is 0. The van der Waals surface area contributed by atoms with Gasteiger partial charge in [0.25, 0.3) is 0 Å². The summed E-state index contributed by atoms with van der Waals surface area (Å²) in [6.45, 7) is 1.08. The van der Waals surface area contributed by atoms with E-state index in [0.29, 0.717) is 0 Å². The Kier molecular flexibility index (Phi) is 2.65. The third-order valence-electron chi connectivity index (χ3n) is 3.24. The van der Waals surface area contributed by atoms with E-state index in [9.17, 15) is 0 Å². The van der Waals surface area contributed by atoms with Crippen molar-refractivity contribution >= 4 is 0 Å². The fourth-order valence-corrected chi connectivity index (χ4v) is 2.33. The lowest BCUT2D eigenvalue weighted by Crippen LogP contribution is -2.11. The molecule has 1 aliphatic rings. The fourth-order valence-electron chi connectivity index (χ4n) is 2.33. The maximum Gasteiger partial charge on any atom is 0.109 e. The van der Waals surface area contributed by atoms with Gasteiger partial charge < -0.3 is 9.67 Å². The molecule has 17 heavy (non-hydrogen) atoms. The highest BCUT2D eigenvalue weighted by Gasteiger charge is 2.15. The molecular weight excluding hydrogens is 214 g/mol. The van der Waals surface area contributed by atoms with Crippen LogP contribution in [-0.4, -0.2) is 19.6 Å². The third kappa shape index (κ3) is 1.85. The van der Waals surface area contributed by atoms with E-state index in [0.717, 1.165) is 35.7 Å². The van der Waals surface area contributed by atoms with Crippen molar-refractivity contribution in [2.45, 2.75) is 32.4 Å². The van der Waals surface area contributed by atoms with E-state index in [-0.39, 0.29) is 6.61 Å². The highest BCUT2D eigenvalue weighted by molar-refractivity contribution is 5.55. The van der Waals surface area contributed by atoms with Crippen LogP contribution in [0, 0.1) is 0 Å². The quantitative estimate of drug-likeness (QED) is 0.854. The first-order chi connectivity index (χ1) is 8.38. The van der Waals surface area contributed by atoms with Crippen molar-refractivity contribution in [3.05, 3.63) is 35.9 Å². The molecule has 0 atom stereocenters. The van der Waals surface area contributed by atoms with Crippen molar-refractivity contribution in [3.63, 3.8) is 0 Å². The predicted molar refractivity (Wildman–Crippen MR) is 64.3 cm³/mol. The number of nitrogens with zero attached hydrogens (tertiary/aromatic N) is 3. The van der Waals surface area contributed by atoms with Gasteiger partial charge >= 0.3 is 0 Å². The van der Waals surface area contributed by atoms with Crippen LogP contribution in [0.5, 0.6) is 0 Å². The van der Waals surface area contributed by atoms with Gasteiger partial charge in [0.2, 0.25) is 0 Å². The summed E-state index contributed by atoms with van der Waals surface area (Å²) >= 11 is 0. The first-order valence-corrected chi connectivity index (χ1v) is 5.99. The first kappa shape index (κ1) is 10.5. The number of pyridine rings is 1. The molecule has 0 unspecified atom stereocenters. The van der Waals surface area contributed by atoms with Crippen LogP contribution >= 0.6 is 0 Å². The monoisotopic (exact) mass is 229 g/mol. The SMILES string of the molecule is OCc1ccnc(-c2cnc3n2CCCC3)c1.